The van der Waals surface area contributed by atoms with Crippen LogP contribution in [0.25, 0.3) is 0 Å². The summed E-state index contributed by atoms with van der Waals surface area (Å²) in [4.78, 5) is 10.9. The predicted octanol–water partition coefficient (Wildman–Crippen LogP) is 2.07. The van der Waals surface area contributed by atoms with E-state index in [4.69, 9.17) is 5.11 Å². The summed E-state index contributed by atoms with van der Waals surface area (Å²) in [5.74, 6) is -1.43. The molecule has 0 bridgehead atoms. The van der Waals surface area contributed by atoms with E-state index in [1.807, 2.05) is 0 Å². The molecule has 0 aliphatic heterocycles. The molecule has 0 fully saturated rings. The first-order chi connectivity index (χ1) is 8.81. The Morgan fingerprint density at radius 2 is 1.95 bits per heavy atom. The van der Waals surface area contributed by atoms with Gasteiger partial charge in [-0.1, -0.05) is 12.1 Å². The Balaban J connectivity index is 2.57. The van der Waals surface area contributed by atoms with Gasteiger partial charge in [-0.15, -0.1) is 0 Å². The third-order valence-corrected chi connectivity index (χ3v) is 3.43. The van der Waals surface area contributed by atoms with Gasteiger partial charge in [-0.25, -0.2) is 4.79 Å². The monoisotopic (exact) mass is 296 g/mol. The quantitative estimate of drug-likeness (QED) is 0.816. The molecule has 1 aromatic carbocycles. The van der Waals surface area contributed by atoms with Crippen molar-refractivity contribution >= 4 is 16.8 Å². The number of carboxylic acid groups (broad SMARTS) is 1. The number of halogens is 3. The van der Waals surface area contributed by atoms with Gasteiger partial charge in [0.1, 0.15) is 6.61 Å². The van der Waals surface area contributed by atoms with Gasteiger partial charge in [-0.2, -0.15) is 13.2 Å². The fraction of sp³-hybridized carbons (Fsp3) is 0.364. The molecule has 0 radical (unpaired) electrons. The highest BCUT2D eigenvalue weighted by Gasteiger charge is 2.27. The van der Waals surface area contributed by atoms with Gasteiger partial charge in [0.25, 0.3) is 0 Å². The first-order valence-electron chi connectivity index (χ1n) is 5.16. The fourth-order valence-electron chi connectivity index (χ4n) is 1.27. The van der Waals surface area contributed by atoms with Gasteiger partial charge >= 0.3 is 12.1 Å². The fourth-order valence-corrected chi connectivity index (χ4v) is 2.39. The van der Waals surface area contributed by atoms with Crippen molar-refractivity contribution < 1.29 is 32.0 Å². The van der Waals surface area contributed by atoms with E-state index < -0.39 is 29.6 Å². The molecule has 1 atom stereocenters. The molecule has 1 rings (SSSR count). The number of carbonyl (C=O) groups is 1. The number of alkyl halides is 3. The van der Waals surface area contributed by atoms with Crippen molar-refractivity contribution in [1.82, 2.24) is 0 Å². The molecule has 0 amide bonds. The molecule has 0 aromatic heterocycles. The molecular weight excluding hydrogens is 285 g/mol. The van der Waals surface area contributed by atoms with Crippen LogP contribution in [0.4, 0.5) is 13.2 Å². The Morgan fingerprint density at radius 1 is 1.32 bits per heavy atom. The van der Waals surface area contributed by atoms with Crippen LogP contribution in [-0.4, -0.2) is 40.4 Å². The number of ether oxygens (including phenoxy) is 1. The molecule has 8 heteroatoms. The lowest BCUT2D eigenvalue weighted by Gasteiger charge is -2.08. The number of hydrogen-bond acceptors (Lipinski definition) is 3. The standard InChI is InChI=1S/C11H11F3O4S/c12-11(13,14)7-18-5-6-19(17)9-4-2-1-3-8(9)10(15)16/h1-4H,5-7H2,(H,15,16). The smallest absolute Gasteiger partial charge is 0.411 e. The third-order valence-electron chi connectivity index (χ3n) is 2.04. The van der Waals surface area contributed by atoms with Crippen LogP contribution in [0.15, 0.2) is 29.2 Å². The molecule has 4 nitrogen and oxygen atoms in total. The van der Waals surface area contributed by atoms with Crippen molar-refractivity contribution in [2.45, 2.75) is 11.1 Å². The highest BCUT2D eigenvalue weighted by atomic mass is 32.2. The highest BCUT2D eigenvalue weighted by Crippen LogP contribution is 2.16. The van der Waals surface area contributed by atoms with Crippen LogP contribution in [0.1, 0.15) is 10.4 Å². The molecule has 0 heterocycles. The van der Waals surface area contributed by atoms with E-state index in [0.717, 1.165) is 0 Å². The Bertz CT molecular complexity index is 473. The summed E-state index contributed by atoms with van der Waals surface area (Å²) in [5, 5.41) is 8.88. The highest BCUT2D eigenvalue weighted by molar-refractivity contribution is 7.85. The summed E-state index contributed by atoms with van der Waals surface area (Å²) >= 11 is 0. The minimum atomic E-state index is -4.43. The van der Waals surface area contributed by atoms with Crippen molar-refractivity contribution in [3.05, 3.63) is 29.8 Å². The Kier molecular flexibility index (Phi) is 5.49. The lowest BCUT2D eigenvalue weighted by Crippen LogP contribution is -2.19. The zero-order valence-corrected chi connectivity index (χ0v) is 10.5. The van der Waals surface area contributed by atoms with Crippen LogP contribution in [0, 0.1) is 0 Å². The SMILES string of the molecule is O=C(O)c1ccccc1S(=O)CCOCC(F)(F)F. The zero-order valence-electron chi connectivity index (χ0n) is 9.64. The minimum absolute atomic E-state index is 0.0746. The van der Waals surface area contributed by atoms with E-state index in [9.17, 15) is 22.2 Å². The van der Waals surface area contributed by atoms with Crippen molar-refractivity contribution in [3.8, 4) is 0 Å². The van der Waals surface area contributed by atoms with Gasteiger partial charge in [0.15, 0.2) is 0 Å². The molecule has 19 heavy (non-hydrogen) atoms. The van der Waals surface area contributed by atoms with Gasteiger partial charge in [-0.3, -0.25) is 4.21 Å². The van der Waals surface area contributed by atoms with Gasteiger partial charge < -0.3 is 9.84 Å². The second-order valence-electron chi connectivity index (χ2n) is 3.52. The zero-order chi connectivity index (χ0) is 14.5. The average Bonchev–Trinajstić information content (AvgIpc) is 2.33. The lowest BCUT2D eigenvalue weighted by atomic mass is 10.2. The summed E-state index contributed by atoms with van der Waals surface area (Å²) in [6.45, 7) is -1.77. The topological polar surface area (TPSA) is 63.6 Å². The number of rotatable bonds is 6. The molecule has 0 aliphatic rings. The van der Waals surface area contributed by atoms with Crippen LogP contribution in [0.2, 0.25) is 0 Å². The molecule has 0 spiro atoms. The van der Waals surface area contributed by atoms with Gasteiger partial charge in [0.05, 0.1) is 33.6 Å². The minimum Gasteiger partial charge on any atom is -0.478 e. The summed E-state index contributed by atoms with van der Waals surface area (Å²) in [7, 11) is -1.72. The van der Waals surface area contributed by atoms with Gasteiger partial charge in [0, 0.05) is 0 Å². The maximum absolute atomic E-state index is 11.8. The van der Waals surface area contributed by atoms with E-state index in [0.29, 0.717) is 0 Å². The van der Waals surface area contributed by atoms with Crippen LogP contribution in [0.3, 0.4) is 0 Å². The number of hydrogen-bond donors (Lipinski definition) is 1. The molecule has 0 saturated heterocycles. The van der Waals surface area contributed by atoms with Gasteiger partial charge in [0.2, 0.25) is 0 Å². The van der Waals surface area contributed by atoms with Crippen LogP contribution in [0.5, 0.6) is 0 Å². The van der Waals surface area contributed by atoms with Crippen molar-refractivity contribution in [3.63, 3.8) is 0 Å². The van der Waals surface area contributed by atoms with E-state index in [1.165, 1.54) is 24.3 Å². The second-order valence-corrected chi connectivity index (χ2v) is 5.06. The van der Waals surface area contributed by atoms with Crippen LogP contribution < -0.4 is 0 Å². The molecule has 1 unspecified atom stereocenters. The maximum atomic E-state index is 11.8. The van der Waals surface area contributed by atoms with Crippen LogP contribution >= 0.6 is 0 Å². The molecule has 1 aromatic rings. The molecule has 1 N–H and O–H groups in total. The molecule has 0 aliphatic carbocycles. The Morgan fingerprint density at radius 3 is 2.53 bits per heavy atom. The van der Waals surface area contributed by atoms with Crippen molar-refractivity contribution in [2.75, 3.05) is 19.0 Å². The summed E-state index contributed by atoms with van der Waals surface area (Å²) in [6, 6.07) is 5.63. The summed E-state index contributed by atoms with van der Waals surface area (Å²) in [6.07, 6.45) is -4.43. The van der Waals surface area contributed by atoms with E-state index >= 15 is 0 Å². The molecular formula is C11H11F3O4S. The van der Waals surface area contributed by atoms with E-state index in [-0.39, 0.29) is 22.8 Å². The van der Waals surface area contributed by atoms with Gasteiger partial charge in [-0.05, 0) is 12.1 Å². The normalized spacial score (nSPS) is 13.2. The number of aromatic carboxylic acids is 1. The second kappa shape index (κ2) is 6.67. The number of carboxylic acids is 1. The summed E-state index contributed by atoms with van der Waals surface area (Å²) < 4.78 is 51.5. The molecule has 106 valence electrons. The Hall–Kier alpha value is -1.41. The van der Waals surface area contributed by atoms with Crippen LogP contribution in [-0.2, 0) is 15.5 Å². The predicted molar refractivity (Wildman–Crippen MR) is 61.6 cm³/mol. The Labute approximate surface area is 109 Å². The largest absolute Gasteiger partial charge is 0.478 e. The average molecular weight is 296 g/mol. The first kappa shape index (κ1) is 15.6. The van der Waals surface area contributed by atoms with E-state index in [2.05, 4.69) is 4.74 Å². The summed E-state index contributed by atoms with van der Waals surface area (Å²) in [5.41, 5.74) is -0.128. The van der Waals surface area contributed by atoms with Crippen molar-refractivity contribution in [2.24, 2.45) is 0 Å². The third kappa shape index (κ3) is 5.39. The lowest BCUT2D eigenvalue weighted by molar-refractivity contribution is -0.172. The number of benzene rings is 1. The first-order valence-corrected chi connectivity index (χ1v) is 6.48. The molecule has 0 saturated carbocycles. The van der Waals surface area contributed by atoms with E-state index in [1.54, 1.807) is 0 Å². The van der Waals surface area contributed by atoms with Crippen molar-refractivity contribution in [1.29, 1.82) is 0 Å². The maximum Gasteiger partial charge on any atom is 0.411 e.